The molecule has 0 aliphatic carbocycles. The molecule has 1 saturated heterocycles. The predicted octanol–water partition coefficient (Wildman–Crippen LogP) is 3.51. The molecule has 5 nitrogen and oxygen atoms in total. The molecule has 1 unspecified atom stereocenters. The Hall–Kier alpha value is -1.98. The van der Waals surface area contributed by atoms with Gasteiger partial charge in [-0.3, -0.25) is 4.79 Å². The topological polar surface area (TPSA) is 54.7 Å². The van der Waals surface area contributed by atoms with Crippen LogP contribution in [0, 0.1) is 0 Å². The molecule has 2 heterocycles. The van der Waals surface area contributed by atoms with Crippen LogP contribution in [-0.2, 0) is 0 Å². The number of rotatable bonds is 6. The summed E-state index contributed by atoms with van der Waals surface area (Å²) >= 11 is 5.92. The van der Waals surface area contributed by atoms with Gasteiger partial charge < -0.3 is 19.4 Å². The van der Waals surface area contributed by atoms with Gasteiger partial charge in [-0.2, -0.15) is 0 Å². The Bertz CT molecular complexity index is 678. The first kappa shape index (κ1) is 16.9. The number of likely N-dealkylation sites (tertiary alicyclic amines) is 1. The van der Waals surface area contributed by atoms with Crippen LogP contribution >= 0.6 is 11.6 Å². The molecule has 0 radical (unpaired) electrons. The number of furan rings is 1. The van der Waals surface area contributed by atoms with Crippen molar-refractivity contribution in [2.45, 2.75) is 18.9 Å². The molecule has 0 spiro atoms. The first-order valence-electron chi connectivity index (χ1n) is 8.07. The van der Waals surface area contributed by atoms with Gasteiger partial charge in [0.1, 0.15) is 5.75 Å². The van der Waals surface area contributed by atoms with E-state index >= 15 is 0 Å². The summed E-state index contributed by atoms with van der Waals surface area (Å²) in [5, 5.41) is 3.19. The van der Waals surface area contributed by atoms with Gasteiger partial charge >= 0.3 is 0 Å². The zero-order chi connectivity index (χ0) is 16.9. The third-order valence-electron chi connectivity index (χ3n) is 4.33. The summed E-state index contributed by atoms with van der Waals surface area (Å²) in [7, 11) is 1.64. The van der Waals surface area contributed by atoms with Crippen LogP contribution in [0.3, 0.4) is 0 Å². The Balaban J connectivity index is 1.77. The maximum atomic E-state index is 12.5. The molecule has 2 aromatic rings. The summed E-state index contributed by atoms with van der Waals surface area (Å²) in [5.41, 5.74) is 1.40. The number of methoxy groups -OCH3 is 1. The molecule has 1 aliphatic heterocycles. The van der Waals surface area contributed by atoms with E-state index in [1.54, 1.807) is 13.2 Å². The first-order chi connectivity index (χ1) is 11.7. The second-order valence-corrected chi connectivity index (χ2v) is 6.26. The largest absolute Gasteiger partial charge is 0.497 e. The van der Waals surface area contributed by atoms with Crippen molar-refractivity contribution in [3.05, 3.63) is 52.9 Å². The van der Waals surface area contributed by atoms with Crippen LogP contribution in [0.25, 0.3) is 0 Å². The molecule has 0 saturated carbocycles. The van der Waals surface area contributed by atoms with Crippen LogP contribution in [0.5, 0.6) is 5.75 Å². The SMILES string of the molecule is COc1ccc(C(CN2CCCC2)NC(=O)c2ccoc2Cl)cc1. The van der Waals surface area contributed by atoms with E-state index in [4.69, 9.17) is 20.8 Å². The fourth-order valence-corrected chi connectivity index (χ4v) is 3.19. The summed E-state index contributed by atoms with van der Waals surface area (Å²) in [4.78, 5) is 14.9. The van der Waals surface area contributed by atoms with Gasteiger partial charge in [-0.25, -0.2) is 0 Å². The van der Waals surface area contributed by atoms with Crippen LogP contribution in [0.2, 0.25) is 5.22 Å². The van der Waals surface area contributed by atoms with Gasteiger partial charge in [-0.15, -0.1) is 0 Å². The lowest BCUT2D eigenvalue weighted by Crippen LogP contribution is -2.37. The molecule has 1 atom stereocenters. The number of amides is 1. The second-order valence-electron chi connectivity index (χ2n) is 5.91. The summed E-state index contributed by atoms with van der Waals surface area (Å²) < 4.78 is 10.2. The third-order valence-corrected chi connectivity index (χ3v) is 4.62. The molecule has 128 valence electrons. The van der Waals surface area contributed by atoms with Crippen molar-refractivity contribution >= 4 is 17.5 Å². The van der Waals surface area contributed by atoms with Crippen molar-refractivity contribution in [1.29, 1.82) is 0 Å². The number of hydrogen-bond acceptors (Lipinski definition) is 4. The lowest BCUT2D eigenvalue weighted by Gasteiger charge is -2.25. The van der Waals surface area contributed by atoms with Crippen LogP contribution in [0.15, 0.2) is 41.0 Å². The molecular formula is C18H21ClN2O3. The summed E-state index contributed by atoms with van der Waals surface area (Å²) in [5.74, 6) is 0.566. The fourth-order valence-electron chi connectivity index (χ4n) is 2.99. The van der Waals surface area contributed by atoms with Crippen LogP contribution in [0.1, 0.15) is 34.8 Å². The van der Waals surface area contributed by atoms with E-state index in [1.165, 1.54) is 19.1 Å². The lowest BCUT2D eigenvalue weighted by molar-refractivity contribution is 0.0927. The number of nitrogens with one attached hydrogen (secondary N) is 1. The summed E-state index contributed by atoms with van der Waals surface area (Å²) in [6.45, 7) is 2.90. The number of halogens is 1. The van der Waals surface area contributed by atoms with E-state index < -0.39 is 0 Å². The van der Waals surface area contributed by atoms with E-state index in [9.17, 15) is 4.79 Å². The normalized spacial score (nSPS) is 16.1. The number of benzene rings is 1. The fraction of sp³-hybridized carbons (Fsp3) is 0.389. The molecule has 3 rings (SSSR count). The Morgan fingerprint density at radius 1 is 1.29 bits per heavy atom. The third kappa shape index (κ3) is 3.91. The molecule has 1 aromatic heterocycles. The van der Waals surface area contributed by atoms with Gasteiger partial charge in [0.25, 0.3) is 5.91 Å². The number of hydrogen-bond donors (Lipinski definition) is 1. The van der Waals surface area contributed by atoms with Gasteiger partial charge in [-0.05, 0) is 61.3 Å². The van der Waals surface area contributed by atoms with Gasteiger partial charge in [0.05, 0.1) is 25.0 Å². The average Bonchev–Trinajstić information content (AvgIpc) is 3.26. The zero-order valence-electron chi connectivity index (χ0n) is 13.6. The highest BCUT2D eigenvalue weighted by molar-refractivity contribution is 6.32. The molecule has 1 amide bonds. The Morgan fingerprint density at radius 3 is 2.58 bits per heavy atom. The highest BCUT2D eigenvalue weighted by atomic mass is 35.5. The van der Waals surface area contributed by atoms with Gasteiger partial charge in [0.15, 0.2) is 0 Å². The Morgan fingerprint density at radius 2 is 2.00 bits per heavy atom. The van der Waals surface area contributed by atoms with Crippen LogP contribution < -0.4 is 10.1 Å². The Labute approximate surface area is 146 Å². The molecule has 24 heavy (non-hydrogen) atoms. The van der Waals surface area contributed by atoms with E-state index in [1.807, 2.05) is 24.3 Å². The molecule has 1 aliphatic rings. The molecular weight excluding hydrogens is 328 g/mol. The van der Waals surface area contributed by atoms with E-state index in [-0.39, 0.29) is 17.2 Å². The van der Waals surface area contributed by atoms with Crippen molar-refractivity contribution in [2.24, 2.45) is 0 Å². The van der Waals surface area contributed by atoms with Crippen molar-refractivity contribution in [3.8, 4) is 5.75 Å². The van der Waals surface area contributed by atoms with Gasteiger partial charge in [-0.1, -0.05) is 12.1 Å². The standard InChI is InChI=1S/C18H21ClN2O3/c1-23-14-6-4-13(5-7-14)16(12-21-9-2-3-10-21)20-18(22)15-8-11-24-17(15)19/h4-8,11,16H,2-3,9-10,12H2,1H3,(H,20,22). The quantitative estimate of drug-likeness (QED) is 0.868. The Kier molecular flexibility index (Phi) is 5.43. The highest BCUT2D eigenvalue weighted by Crippen LogP contribution is 2.23. The molecule has 1 aromatic carbocycles. The average molecular weight is 349 g/mol. The van der Waals surface area contributed by atoms with Crippen LogP contribution in [-0.4, -0.2) is 37.6 Å². The van der Waals surface area contributed by atoms with Crippen molar-refractivity contribution in [3.63, 3.8) is 0 Å². The minimum absolute atomic E-state index is 0.113. The van der Waals surface area contributed by atoms with Crippen molar-refractivity contribution < 1.29 is 13.9 Å². The maximum Gasteiger partial charge on any atom is 0.256 e. The molecule has 1 fully saturated rings. The van der Waals surface area contributed by atoms with Gasteiger partial charge in [0.2, 0.25) is 5.22 Å². The van der Waals surface area contributed by atoms with Crippen molar-refractivity contribution in [1.82, 2.24) is 10.2 Å². The molecule has 1 N–H and O–H groups in total. The number of nitrogens with zero attached hydrogens (tertiary/aromatic N) is 1. The summed E-state index contributed by atoms with van der Waals surface area (Å²) in [6.07, 6.45) is 3.83. The second kappa shape index (κ2) is 7.73. The number of carbonyl (C=O) groups excluding carboxylic acids is 1. The number of ether oxygens (including phenoxy) is 1. The zero-order valence-corrected chi connectivity index (χ0v) is 14.4. The van der Waals surface area contributed by atoms with Gasteiger partial charge in [0, 0.05) is 6.54 Å². The predicted molar refractivity (Wildman–Crippen MR) is 92.6 cm³/mol. The van der Waals surface area contributed by atoms with Crippen molar-refractivity contribution in [2.75, 3.05) is 26.7 Å². The maximum absolute atomic E-state index is 12.5. The molecule has 6 heteroatoms. The van der Waals surface area contributed by atoms with E-state index in [2.05, 4.69) is 10.2 Å². The van der Waals surface area contributed by atoms with E-state index in [0.29, 0.717) is 5.56 Å². The monoisotopic (exact) mass is 348 g/mol. The van der Waals surface area contributed by atoms with Crippen LogP contribution in [0.4, 0.5) is 0 Å². The molecule has 0 bridgehead atoms. The van der Waals surface area contributed by atoms with E-state index in [0.717, 1.165) is 30.9 Å². The minimum atomic E-state index is -0.228. The minimum Gasteiger partial charge on any atom is -0.497 e. The number of carbonyl (C=O) groups is 1. The first-order valence-corrected chi connectivity index (χ1v) is 8.45. The smallest absolute Gasteiger partial charge is 0.256 e. The highest BCUT2D eigenvalue weighted by Gasteiger charge is 2.23. The lowest BCUT2D eigenvalue weighted by atomic mass is 10.1. The summed E-state index contributed by atoms with van der Waals surface area (Å²) in [6, 6.07) is 9.24.